The van der Waals surface area contributed by atoms with Crippen molar-refractivity contribution in [3.05, 3.63) is 41.9 Å². The monoisotopic (exact) mass is 358 g/mol. The molecule has 0 radical (unpaired) electrons. The van der Waals surface area contributed by atoms with E-state index in [1.54, 1.807) is 12.3 Å². The molecule has 1 aliphatic heterocycles. The number of nitrogens with zero attached hydrogens (tertiary/aromatic N) is 3. The van der Waals surface area contributed by atoms with Crippen molar-refractivity contribution >= 4 is 11.7 Å². The van der Waals surface area contributed by atoms with Crippen molar-refractivity contribution in [3.63, 3.8) is 0 Å². The summed E-state index contributed by atoms with van der Waals surface area (Å²) in [6.07, 6.45) is 3.97. The summed E-state index contributed by atoms with van der Waals surface area (Å²) in [5.41, 5.74) is -0.227. The number of rotatable bonds is 6. The minimum absolute atomic E-state index is 0.162. The van der Waals surface area contributed by atoms with Crippen molar-refractivity contribution < 1.29 is 14.4 Å². The van der Waals surface area contributed by atoms with Gasteiger partial charge < -0.3 is 19.8 Å². The third-order valence-electron chi connectivity index (χ3n) is 4.51. The second-order valence-corrected chi connectivity index (χ2v) is 7.40. The number of β-amino-alcohol motifs (C(OH)–C–C–N with tert-alkyl or cyclic N) is 1. The van der Waals surface area contributed by atoms with Gasteiger partial charge in [-0.1, -0.05) is 25.1 Å². The number of aliphatic hydroxyl groups is 1. The van der Waals surface area contributed by atoms with E-state index in [0.717, 1.165) is 30.9 Å². The Morgan fingerprint density at radius 1 is 1.46 bits per heavy atom. The SMILES string of the molecule is CC(C)Cc1cc(C(=O)NCC2(O)CCCN(c3ccccn3)C2)on1. The molecule has 0 spiro atoms. The van der Waals surface area contributed by atoms with Gasteiger partial charge in [0, 0.05) is 31.9 Å². The molecule has 1 saturated heterocycles. The summed E-state index contributed by atoms with van der Waals surface area (Å²) in [5.74, 6) is 1.11. The van der Waals surface area contributed by atoms with Gasteiger partial charge in [-0.15, -0.1) is 0 Å². The van der Waals surface area contributed by atoms with Gasteiger partial charge in [-0.25, -0.2) is 4.98 Å². The molecule has 140 valence electrons. The summed E-state index contributed by atoms with van der Waals surface area (Å²) in [6.45, 7) is 5.60. The summed E-state index contributed by atoms with van der Waals surface area (Å²) < 4.78 is 5.13. The number of aromatic nitrogens is 2. The average Bonchev–Trinajstić information content (AvgIpc) is 3.08. The van der Waals surface area contributed by atoms with E-state index in [2.05, 4.69) is 29.3 Å². The number of carbonyl (C=O) groups is 1. The van der Waals surface area contributed by atoms with E-state index in [-0.39, 0.29) is 18.2 Å². The fraction of sp³-hybridized carbons (Fsp3) is 0.526. The smallest absolute Gasteiger partial charge is 0.290 e. The van der Waals surface area contributed by atoms with E-state index < -0.39 is 5.60 Å². The second-order valence-electron chi connectivity index (χ2n) is 7.40. The maximum atomic E-state index is 12.3. The molecule has 0 bridgehead atoms. The Bertz CT molecular complexity index is 731. The number of carbonyl (C=O) groups excluding carboxylic acids is 1. The fourth-order valence-corrected chi connectivity index (χ4v) is 3.26. The molecule has 26 heavy (non-hydrogen) atoms. The van der Waals surface area contributed by atoms with Gasteiger partial charge in [0.25, 0.3) is 5.91 Å². The third kappa shape index (κ3) is 4.60. The van der Waals surface area contributed by atoms with Gasteiger partial charge in [-0.3, -0.25) is 4.79 Å². The van der Waals surface area contributed by atoms with E-state index >= 15 is 0 Å². The van der Waals surface area contributed by atoms with Crippen LogP contribution in [-0.4, -0.2) is 46.4 Å². The molecule has 1 unspecified atom stereocenters. The maximum absolute atomic E-state index is 12.3. The number of nitrogens with one attached hydrogen (secondary N) is 1. The Morgan fingerprint density at radius 2 is 2.31 bits per heavy atom. The van der Waals surface area contributed by atoms with Gasteiger partial charge in [0.05, 0.1) is 11.3 Å². The molecule has 1 fully saturated rings. The predicted molar refractivity (Wildman–Crippen MR) is 98.0 cm³/mol. The Hall–Kier alpha value is -2.41. The van der Waals surface area contributed by atoms with Crippen LogP contribution < -0.4 is 10.2 Å². The van der Waals surface area contributed by atoms with Crippen molar-refractivity contribution in [1.29, 1.82) is 0 Å². The molecule has 7 heteroatoms. The molecule has 2 aromatic heterocycles. The predicted octanol–water partition coefficient (Wildman–Crippen LogP) is 2.03. The molecule has 2 aromatic rings. The van der Waals surface area contributed by atoms with Crippen molar-refractivity contribution in [3.8, 4) is 0 Å². The minimum atomic E-state index is -0.994. The van der Waals surface area contributed by atoms with Crippen LogP contribution in [0.2, 0.25) is 0 Å². The lowest BCUT2D eigenvalue weighted by Gasteiger charge is -2.39. The van der Waals surface area contributed by atoms with Crippen LogP contribution in [0.25, 0.3) is 0 Å². The minimum Gasteiger partial charge on any atom is -0.386 e. The van der Waals surface area contributed by atoms with Gasteiger partial charge in [0.15, 0.2) is 0 Å². The Balaban J connectivity index is 1.57. The van der Waals surface area contributed by atoms with Crippen LogP contribution >= 0.6 is 0 Å². The standard InChI is InChI=1S/C19H26N4O3/c1-14(2)10-15-11-16(26-22-15)18(24)21-12-19(25)7-5-9-23(13-19)17-6-3-4-8-20-17/h3-4,6,8,11,14,25H,5,7,9-10,12-13H2,1-2H3,(H,21,24). The first-order valence-corrected chi connectivity index (χ1v) is 9.07. The van der Waals surface area contributed by atoms with Gasteiger partial charge in [-0.05, 0) is 37.3 Å². The Kier molecular flexibility index (Phi) is 5.56. The van der Waals surface area contributed by atoms with E-state index in [1.165, 1.54) is 0 Å². The van der Waals surface area contributed by atoms with Gasteiger partial charge in [0.2, 0.25) is 5.76 Å². The molecule has 0 aliphatic carbocycles. The first-order valence-electron chi connectivity index (χ1n) is 9.07. The van der Waals surface area contributed by atoms with Crippen molar-refractivity contribution in [2.45, 2.75) is 38.7 Å². The van der Waals surface area contributed by atoms with E-state index in [9.17, 15) is 9.90 Å². The molecular weight excluding hydrogens is 332 g/mol. The van der Waals surface area contributed by atoms with Crippen molar-refractivity contribution in [1.82, 2.24) is 15.5 Å². The molecule has 7 nitrogen and oxygen atoms in total. The zero-order valence-electron chi connectivity index (χ0n) is 15.3. The quantitative estimate of drug-likeness (QED) is 0.821. The van der Waals surface area contributed by atoms with Crippen LogP contribution in [0.5, 0.6) is 0 Å². The highest BCUT2D eigenvalue weighted by Crippen LogP contribution is 2.24. The van der Waals surface area contributed by atoms with Crippen LogP contribution in [0.4, 0.5) is 5.82 Å². The molecular formula is C19H26N4O3. The number of piperidine rings is 1. The fourth-order valence-electron chi connectivity index (χ4n) is 3.26. The molecule has 2 N–H and O–H groups in total. The summed E-state index contributed by atoms with van der Waals surface area (Å²) in [6, 6.07) is 7.39. The number of anilines is 1. The number of amides is 1. The first kappa shape index (κ1) is 18.4. The van der Waals surface area contributed by atoms with Gasteiger partial charge in [-0.2, -0.15) is 0 Å². The molecule has 1 aliphatic rings. The van der Waals surface area contributed by atoms with Crippen molar-refractivity contribution in [2.75, 3.05) is 24.5 Å². The second kappa shape index (κ2) is 7.86. The summed E-state index contributed by atoms with van der Waals surface area (Å²) in [5, 5.41) is 17.6. The number of hydrogen-bond donors (Lipinski definition) is 2. The maximum Gasteiger partial charge on any atom is 0.290 e. The van der Waals surface area contributed by atoms with Gasteiger partial charge >= 0.3 is 0 Å². The largest absolute Gasteiger partial charge is 0.386 e. The lowest BCUT2D eigenvalue weighted by molar-refractivity contribution is 0.0250. The Labute approximate surface area is 153 Å². The molecule has 1 atom stereocenters. The highest BCUT2D eigenvalue weighted by molar-refractivity contribution is 5.91. The number of pyridine rings is 1. The van der Waals surface area contributed by atoms with Crippen LogP contribution in [0.3, 0.4) is 0 Å². The first-order chi connectivity index (χ1) is 12.5. The topological polar surface area (TPSA) is 91.5 Å². The summed E-state index contributed by atoms with van der Waals surface area (Å²) in [4.78, 5) is 18.7. The van der Waals surface area contributed by atoms with Crippen LogP contribution in [0.15, 0.2) is 35.0 Å². The third-order valence-corrected chi connectivity index (χ3v) is 4.51. The van der Waals surface area contributed by atoms with Gasteiger partial charge in [0.1, 0.15) is 5.82 Å². The van der Waals surface area contributed by atoms with Crippen LogP contribution in [0, 0.1) is 5.92 Å². The van der Waals surface area contributed by atoms with Crippen LogP contribution in [-0.2, 0) is 6.42 Å². The van der Waals surface area contributed by atoms with E-state index in [4.69, 9.17) is 4.52 Å². The average molecular weight is 358 g/mol. The molecule has 0 saturated carbocycles. The molecule has 3 rings (SSSR count). The molecule has 1 amide bonds. The summed E-state index contributed by atoms with van der Waals surface area (Å²) in [7, 11) is 0. The number of hydrogen-bond acceptors (Lipinski definition) is 6. The molecule has 0 aromatic carbocycles. The van der Waals surface area contributed by atoms with Crippen LogP contribution in [0.1, 0.15) is 42.9 Å². The highest BCUT2D eigenvalue weighted by atomic mass is 16.5. The molecule has 3 heterocycles. The lowest BCUT2D eigenvalue weighted by atomic mass is 9.92. The van der Waals surface area contributed by atoms with E-state index in [0.29, 0.717) is 18.9 Å². The van der Waals surface area contributed by atoms with Crippen molar-refractivity contribution in [2.24, 2.45) is 5.92 Å². The summed E-state index contributed by atoms with van der Waals surface area (Å²) >= 11 is 0. The highest BCUT2D eigenvalue weighted by Gasteiger charge is 2.34. The zero-order valence-corrected chi connectivity index (χ0v) is 15.3. The van der Waals surface area contributed by atoms with E-state index in [1.807, 2.05) is 23.1 Å². The Morgan fingerprint density at radius 3 is 3.04 bits per heavy atom. The lowest BCUT2D eigenvalue weighted by Crippen LogP contribution is -2.54. The zero-order chi connectivity index (χ0) is 18.6. The normalized spacial score (nSPS) is 20.4.